The first-order chi connectivity index (χ1) is 12.2. The number of rotatable bonds is 10. The Morgan fingerprint density at radius 1 is 1.00 bits per heavy atom. The summed E-state index contributed by atoms with van der Waals surface area (Å²) in [5, 5.41) is 3.13. The second-order valence-corrected chi connectivity index (χ2v) is 6.10. The summed E-state index contributed by atoms with van der Waals surface area (Å²) in [6.45, 7) is 4.11. The Bertz CT molecular complexity index is 678. The van der Waals surface area contributed by atoms with E-state index < -0.39 is 0 Å². The Labute approximate surface area is 157 Å². The molecule has 0 unspecified atom stereocenters. The van der Waals surface area contributed by atoms with Crippen LogP contribution in [0, 0.1) is 0 Å². The molecule has 0 saturated carbocycles. The first-order valence-corrected chi connectivity index (χ1v) is 8.96. The summed E-state index contributed by atoms with van der Waals surface area (Å²) in [4.78, 5) is 0. The number of halogens is 1. The quantitative estimate of drug-likeness (QED) is 0.600. The average Bonchev–Trinajstić information content (AvgIpc) is 2.61. The van der Waals surface area contributed by atoms with Crippen LogP contribution < -0.4 is 24.3 Å². The van der Waals surface area contributed by atoms with Crippen LogP contribution >= 0.6 is 15.9 Å². The zero-order chi connectivity index (χ0) is 18.1. The number of hydrogen-bond donors (Lipinski definition) is 1. The Kier molecular flexibility index (Phi) is 7.88. The van der Waals surface area contributed by atoms with Crippen molar-refractivity contribution < 1.29 is 18.9 Å². The van der Waals surface area contributed by atoms with Gasteiger partial charge in [-0.15, -0.1) is 0 Å². The van der Waals surface area contributed by atoms with Gasteiger partial charge in [-0.1, -0.05) is 6.07 Å². The van der Waals surface area contributed by atoms with Crippen LogP contribution in [0.25, 0.3) is 0 Å². The minimum atomic E-state index is 0.404. The van der Waals surface area contributed by atoms with Gasteiger partial charge in [0.05, 0.1) is 18.2 Å². The van der Waals surface area contributed by atoms with E-state index >= 15 is 0 Å². The lowest BCUT2D eigenvalue weighted by Crippen LogP contribution is -2.11. The van der Waals surface area contributed by atoms with E-state index in [1.165, 1.54) is 0 Å². The fraction of sp³-hybridized carbons (Fsp3) is 0.368. The minimum Gasteiger partial charge on any atom is -0.497 e. The predicted molar refractivity (Wildman–Crippen MR) is 102 cm³/mol. The first-order valence-electron chi connectivity index (χ1n) is 8.17. The van der Waals surface area contributed by atoms with Gasteiger partial charge >= 0.3 is 0 Å². The number of ether oxygens (including phenoxy) is 4. The summed E-state index contributed by atoms with van der Waals surface area (Å²) in [5.41, 5.74) is 1.12. The molecule has 0 aromatic heterocycles. The van der Waals surface area contributed by atoms with Crippen LogP contribution in [0.2, 0.25) is 0 Å². The maximum Gasteiger partial charge on any atom is 0.175 e. The van der Waals surface area contributed by atoms with Crippen molar-refractivity contribution >= 4 is 15.9 Å². The fourth-order valence-electron chi connectivity index (χ4n) is 2.32. The van der Waals surface area contributed by atoms with Crippen LogP contribution in [0.15, 0.2) is 40.9 Å². The van der Waals surface area contributed by atoms with Crippen molar-refractivity contribution in [3.05, 3.63) is 46.4 Å². The van der Waals surface area contributed by atoms with Gasteiger partial charge in [-0.25, -0.2) is 0 Å². The molecule has 136 valence electrons. The number of hydrogen-bond acceptors (Lipinski definition) is 5. The number of methoxy groups -OCH3 is 1. The summed E-state index contributed by atoms with van der Waals surface area (Å²) in [6, 6.07) is 11.5. The van der Waals surface area contributed by atoms with Crippen LogP contribution in [0.1, 0.15) is 12.5 Å². The second-order valence-electron chi connectivity index (χ2n) is 5.24. The van der Waals surface area contributed by atoms with Crippen LogP contribution in [-0.2, 0) is 6.54 Å². The molecule has 0 amide bonds. The molecule has 0 heterocycles. The topological polar surface area (TPSA) is 49.0 Å². The van der Waals surface area contributed by atoms with Crippen molar-refractivity contribution in [2.24, 2.45) is 0 Å². The summed E-state index contributed by atoms with van der Waals surface area (Å²) < 4.78 is 23.3. The van der Waals surface area contributed by atoms with Gasteiger partial charge in [0.15, 0.2) is 11.5 Å². The van der Waals surface area contributed by atoms with E-state index in [2.05, 4.69) is 21.2 Å². The van der Waals surface area contributed by atoms with Crippen LogP contribution in [-0.4, -0.2) is 34.0 Å². The Morgan fingerprint density at radius 3 is 2.48 bits per heavy atom. The van der Waals surface area contributed by atoms with Crippen LogP contribution in [0.4, 0.5) is 0 Å². The van der Waals surface area contributed by atoms with Gasteiger partial charge < -0.3 is 24.3 Å². The highest BCUT2D eigenvalue weighted by atomic mass is 79.9. The Morgan fingerprint density at radius 2 is 1.76 bits per heavy atom. The largest absolute Gasteiger partial charge is 0.497 e. The lowest BCUT2D eigenvalue weighted by atomic mass is 10.2. The van der Waals surface area contributed by atoms with Gasteiger partial charge in [0.1, 0.15) is 24.7 Å². The lowest BCUT2D eigenvalue weighted by Gasteiger charge is -2.16. The van der Waals surface area contributed by atoms with Gasteiger partial charge in [-0.3, -0.25) is 0 Å². The molecule has 0 aliphatic heterocycles. The summed E-state index contributed by atoms with van der Waals surface area (Å²) in [6.07, 6.45) is 0. The lowest BCUT2D eigenvalue weighted by molar-refractivity contribution is 0.207. The zero-order valence-corrected chi connectivity index (χ0v) is 16.4. The molecule has 0 aliphatic rings. The first kappa shape index (κ1) is 19.4. The molecule has 1 N–H and O–H groups in total. The normalized spacial score (nSPS) is 10.4. The smallest absolute Gasteiger partial charge is 0.175 e. The van der Waals surface area contributed by atoms with Gasteiger partial charge in [0, 0.05) is 12.6 Å². The van der Waals surface area contributed by atoms with Gasteiger partial charge in [0.25, 0.3) is 0 Å². The molecule has 2 rings (SSSR count). The molecule has 2 aromatic carbocycles. The predicted octanol–water partition coefficient (Wildman–Crippen LogP) is 4.03. The highest BCUT2D eigenvalue weighted by Gasteiger charge is 2.12. The Balaban J connectivity index is 1.97. The third-order valence-electron chi connectivity index (χ3n) is 3.39. The maximum absolute atomic E-state index is 5.88. The molecule has 6 heteroatoms. The molecular formula is C19H24BrNO4. The standard InChI is InChI=1S/C19H24BrNO4/c1-4-23-18-11-14(13-21-2)10-17(20)19(18)25-9-8-24-16-7-5-6-15(12-16)22-3/h5-7,10-12,21H,4,8-9,13H2,1-3H3. The molecule has 0 aliphatic carbocycles. The molecule has 0 atom stereocenters. The number of benzene rings is 2. The monoisotopic (exact) mass is 409 g/mol. The van der Waals surface area contributed by atoms with Crippen molar-refractivity contribution in [3.63, 3.8) is 0 Å². The molecule has 5 nitrogen and oxygen atoms in total. The highest BCUT2D eigenvalue weighted by Crippen LogP contribution is 2.37. The van der Waals surface area contributed by atoms with Gasteiger partial charge in [0.2, 0.25) is 0 Å². The highest BCUT2D eigenvalue weighted by molar-refractivity contribution is 9.10. The van der Waals surface area contributed by atoms with Crippen LogP contribution in [0.3, 0.4) is 0 Å². The summed E-state index contributed by atoms with van der Waals surface area (Å²) in [7, 11) is 3.54. The second kappa shape index (κ2) is 10.2. The van der Waals surface area contributed by atoms with E-state index in [0.29, 0.717) is 25.6 Å². The van der Waals surface area contributed by atoms with E-state index in [1.54, 1.807) is 7.11 Å². The third-order valence-corrected chi connectivity index (χ3v) is 3.98. The Hall–Kier alpha value is -1.92. The molecule has 0 bridgehead atoms. The fourth-order valence-corrected chi connectivity index (χ4v) is 2.93. The molecule has 0 spiro atoms. The summed E-state index contributed by atoms with van der Waals surface area (Å²) in [5.74, 6) is 2.93. The number of nitrogens with one attached hydrogen (secondary N) is 1. The molecule has 2 aromatic rings. The third kappa shape index (κ3) is 5.83. The van der Waals surface area contributed by atoms with E-state index in [1.807, 2.05) is 50.4 Å². The van der Waals surface area contributed by atoms with E-state index in [0.717, 1.165) is 33.8 Å². The van der Waals surface area contributed by atoms with Crippen molar-refractivity contribution in [3.8, 4) is 23.0 Å². The van der Waals surface area contributed by atoms with Crippen LogP contribution in [0.5, 0.6) is 23.0 Å². The molecular weight excluding hydrogens is 386 g/mol. The molecule has 25 heavy (non-hydrogen) atoms. The molecule has 0 radical (unpaired) electrons. The molecule has 0 saturated heterocycles. The van der Waals surface area contributed by atoms with Crippen molar-refractivity contribution in [2.75, 3.05) is 34.0 Å². The zero-order valence-electron chi connectivity index (χ0n) is 14.8. The van der Waals surface area contributed by atoms with Crippen molar-refractivity contribution in [2.45, 2.75) is 13.5 Å². The SMILES string of the molecule is CCOc1cc(CNC)cc(Br)c1OCCOc1cccc(OC)c1. The van der Waals surface area contributed by atoms with Gasteiger partial charge in [-0.2, -0.15) is 0 Å². The van der Waals surface area contributed by atoms with Crippen molar-refractivity contribution in [1.29, 1.82) is 0 Å². The maximum atomic E-state index is 5.88. The van der Waals surface area contributed by atoms with E-state index in [9.17, 15) is 0 Å². The minimum absolute atomic E-state index is 0.404. The van der Waals surface area contributed by atoms with E-state index in [4.69, 9.17) is 18.9 Å². The molecule has 0 fully saturated rings. The average molecular weight is 410 g/mol. The van der Waals surface area contributed by atoms with E-state index in [-0.39, 0.29) is 0 Å². The van der Waals surface area contributed by atoms with Crippen molar-refractivity contribution in [1.82, 2.24) is 5.32 Å². The summed E-state index contributed by atoms with van der Waals surface area (Å²) >= 11 is 3.56. The van der Waals surface area contributed by atoms with Gasteiger partial charge in [-0.05, 0) is 59.7 Å².